The quantitative estimate of drug-likeness (QED) is 0.746. The third-order valence-corrected chi connectivity index (χ3v) is 2.57. The third-order valence-electron chi connectivity index (χ3n) is 2.57. The molecule has 14 heavy (non-hydrogen) atoms. The molecule has 2 heteroatoms. The minimum absolute atomic E-state index is 0.292. The van der Waals surface area contributed by atoms with Crippen LogP contribution in [0.15, 0.2) is 11.6 Å². The molecule has 0 heterocycles. The van der Waals surface area contributed by atoms with Crippen LogP contribution >= 0.6 is 0 Å². The van der Waals surface area contributed by atoms with E-state index >= 15 is 0 Å². The largest absolute Gasteiger partial charge is 0.307 e. The van der Waals surface area contributed by atoms with Gasteiger partial charge in [0.15, 0.2) is 5.78 Å². The molecule has 0 radical (unpaired) electrons. The van der Waals surface area contributed by atoms with E-state index in [1.807, 2.05) is 0 Å². The summed E-state index contributed by atoms with van der Waals surface area (Å²) in [5, 5.41) is 3.17. The maximum absolute atomic E-state index is 11.7. The summed E-state index contributed by atoms with van der Waals surface area (Å²) in [6.45, 7) is 4.63. The van der Waals surface area contributed by atoms with E-state index in [1.165, 1.54) is 19.3 Å². The number of carbonyl (C=O) groups is 1. The second-order valence-electron chi connectivity index (χ2n) is 4.29. The predicted octanol–water partition coefficient (Wildman–Crippen LogP) is 2.44. The maximum Gasteiger partial charge on any atom is 0.172 e. The van der Waals surface area contributed by atoms with Crippen molar-refractivity contribution in [2.24, 2.45) is 0 Å². The monoisotopic (exact) mass is 195 g/mol. The van der Waals surface area contributed by atoms with Crippen LogP contribution in [0.2, 0.25) is 0 Å². The Kier molecular flexibility index (Phi) is 4.88. The van der Waals surface area contributed by atoms with Gasteiger partial charge in [0.25, 0.3) is 0 Å². The molecule has 1 rings (SSSR count). The number of nitrogens with one attached hydrogen (secondary N) is 1. The topological polar surface area (TPSA) is 29.1 Å². The van der Waals surface area contributed by atoms with Crippen molar-refractivity contribution in [2.75, 3.05) is 6.54 Å². The van der Waals surface area contributed by atoms with Crippen LogP contribution in [-0.2, 0) is 4.79 Å². The van der Waals surface area contributed by atoms with Crippen molar-refractivity contribution in [1.29, 1.82) is 0 Å². The first kappa shape index (κ1) is 11.4. The molecule has 0 aromatic heterocycles. The number of carbonyl (C=O) groups excluding carboxylic acids is 1. The molecular formula is C12H21NO. The lowest BCUT2D eigenvalue weighted by molar-refractivity contribution is -0.115. The van der Waals surface area contributed by atoms with Gasteiger partial charge in [0.05, 0.1) is 6.54 Å². The van der Waals surface area contributed by atoms with Gasteiger partial charge in [0.2, 0.25) is 0 Å². The van der Waals surface area contributed by atoms with Gasteiger partial charge >= 0.3 is 0 Å². The Bertz CT molecular complexity index is 218. The SMILES string of the molecule is CC(C)NCC(=O)C1=CCCCCC1. The molecule has 0 bridgehead atoms. The van der Waals surface area contributed by atoms with Crippen LogP contribution in [0.5, 0.6) is 0 Å². The summed E-state index contributed by atoms with van der Waals surface area (Å²) >= 11 is 0. The summed E-state index contributed by atoms with van der Waals surface area (Å²) in [7, 11) is 0. The molecule has 2 nitrogen and oxygen atoms in total. The van der Waals surface area contributed by atoms with E-state index < -0.39 is 0 Å². The third kappa shape index (κ3) is 4.05. The van der Waals surface area contributed by atoms with Crippen molar-refractivity contribution in [2.45, 2.75) is 52.0 Å². The lowest BCUT2D eigenvalue weighted by atomic mass is 10.1. The molecular weight excluding hydrogens is 174 g/mol. The Morgan fingerprint density at radius 1 is 1.43 bits per heavy atom. The van der Waals surface area contributed by atoms with Crippen molar-refractivity contribution in [3.8, 4) is 0 Å². The second-order valence-corrected chi connectivity index (χ2v) is 4.29. The lowest BCUT2D eigenvalue weighted by Crippen LogP contribution is -2.29. The fourth-order valence-electron chi connectivity index (χ4n) is 1.68. The molecule has 80 valence electrons. The van der Waals surface area contributed by atoms with Gasteiger partial charge < -0.3 is 5.32 Å². The molecule has 1 N–H and O–H groups in total. The average Bonchev–Trinajstić information content (AvgIpc) is 2.42. The zero-order valence-corrected chi connectivity index (χ0v) is 9.31. The Morgan fingerprint density at radius 2 is 2.21 bits per heavy atom. The van der Waals surface area contributed by atoms with Crippen LogP contribution in [0.3, 0.4) is 0 Å². The molecule has 0 unspecified atom stereocenters. The summed E-state index contributed by atoms with van der Waals surface area (Å²) in [6, 6.07) is 0.394. The van der Waals surface area contributed by atoms with Crippen molar-refractivity contribution in [1.82, 2.24) is 5.32 Å². The first-order valence-electron chi connectivity index (χ1n) is 5.66. The summed E-state index contributed by atoms with van der Waals surface area (Å²) in [5.74, 6) is 0.292. The van der Waals surface area contributed by atoms with Crippen LogP contribution in [-0.4, -0.2) is 18.4 Å². The van der Waals surface area contributed by atoms with Crippen molar-refractivity contribution in [3.05, 3.63) is 11.6 Å². The fourth-order valence-corrected chi connectivity index (χ4v) is 1.68. The van der Waals surface area contributed by atoms with Crippen molar-refractivity contribution >= 4 is 5.78 Å². The molecule has 1 aliphatic rings. The highest BCUT2D eigenvalue weighted by molar-refractivity contribution is 5.96. The predicted molar refractivity (Wildman–Crippen MR) is 59.3 cm³/mol. The van der Waals surface area contributed by atoms with Crippen LogP contribution in [0.25, 0.3) is 0 Å². The second kappa shape index (κ2) is 5.97. The number of hydrogen-bond donors (Lipinski definition) is 1. The van der Waals surface area contributed by atoms with E-state index in [-0.39, 0.29) is 0 Å². The Labute approximate surface area is 86.8 Å². The number of allylic oxidation sites excluding steroid dienone is 1. The Morgan fingerprint density at radius 3 is 2.93 bits per heavy atom. The summed E-state index contributed by atoms with van der Waals surface area (Å²) in [5.41, 5.74) is 1.05. The van der Waals surface area contributed by atoms with Gasteiger partial charge in [0.1, 0.15) is 0 Å². The molecule has 0 amide bonds. The van der Waals surface area contributed by atoms with Crippen LogP contribution in [0.1, 0.15) is 46.0 Å². The van der Waals surface area contributed by atoms with Crippen molar-refractivity contribution < 1.29 is 4.79 Å². The van der Waals surface area contributed by atoms with Gasteiger partial charge in [-0.05, 0) is 31.3 Å². The van der Waals surface area contributed by atoms with Crippen LogP contribution < -0.4 is 5.32 Å². The van der Waals surface area contributed by atoms with E-state index in [2.05, 4.69) is 25.2 Å². The van der Waals surface area contributed by atoms with Crippen LogP contribution in [0, 0.1) is 0 Å². The highest BCUT2D eigenvalue weighted by Crippen LogP contribution is 2.17. The standard InChI is InChI=1S/C12H21NO/c1-10(2)13-9-12(14)11-7-5-3-4-6-8-11/h7,10,13H,3-6,8-9H2,1-2H3. The molecule has 1 aliphatic carbocycles. The molecule has 0 aromatic carbocycles. The highest BCUT2D eigenvalue weighted by Gasteiger charge is 2.11. The Balaban J connectivity index is 2.38. The molecule has 0 aliphatic heterocycles. The average molecular weight is 195 g/mol. The number of ketones is 1. The van der Waals surface area contributed by atoms with Gasteiger partial charge in [-0.1, -0.05) is 26.3 Å². The first-order chi connectivity index (χ1) is 6.70. The molecule has 0 saturated carbocycles. The lowest BCUT2D eigenvalue weighted by Gasteiger charge is -2.08. The van der Waals surface area contributed by atoms with Crippen LogP contribution in [0.4, 0.5) is 0 Å². The fraction of sp³-hybridized carbons (Fsp3) is 0.750. The van der Waals surface area contributed by atoms with E-state index in [1.54, 1.807) is 0 Å². The summed E-state index contributed by atoms with van der Waals surface area (Å²) in [4.78, 5) is 11.7. The number of hydrogen-bond acceptors (Lipinski definition) is 2. The van der Waals surface area contributed by atoms with Gasteiger partial charge in [-0.25, -0.2) is 0 Å². The minimum atomic E-state index is 0.292. The molecule has 0 atom stereocenters. The van der Waals surface area contributed by atoms with Gasteiger partial charge in [-0.3, -0.25) is 4.79 Å². The highest BCUT2D eigenvalue weighted by atomic mass is 16.1. The summed E-state index contributed by atoms with van der Waals surface area (Å²) in [6.07, 6.45) is 7.90. The minimum Gasteiger partial charge on any atom is -0.307 e. The smallest absolute Gasteiger partial charge is 0.172 e. The van der Waals surface area contributed by atoms with Crippen molar-refractivity contribution in [3.63, 3.8) is 0 Å². The van der Waals surface area contributed by atoms with Gasteiger partial charge in [-0.2, -0.15) is 0 Å². The zero-order chi connectivity index (χ0) is 10.4. The number of rotatable bonds is 4. The maximum atomic E-state index is 11.7. The van der Waals surface area contributed by atoms with E-state index in [9.17, 15) is 4.79 Å². The first-order valence-corrected chi connectivity index (χ1v) is 5.66. The molecule has 0 fully saturated rings. The van der Waals surface area contributed by atoms with Gasteiger partial charge in [-0.15, -0.1) is 0 Å². The normalized spacial score (nSPS) is 17.8. The van der Waals surface area contributed by atoms with E-state index in [4.69, 9.17) is 0 Å². The molecule has 0 aromatic rings. The van der Waals surface area contributed by atoms with Gasteiger partial charge in [0, 0.05) is 6.04 Å². The number of Topliss-reactive ketones (excluding diaryl/α,β-unsaturated/α-hetero) is 1. The zero-order valence-electron chi connectivity index (χ0n) is 9.31. The molecule has 0 saturated heterocycles. The Hall–Kier alpha value is -0.630. The molecule has 0 spiro atoms. The van der Waals surface area contributed by atoms with E-state index in [0.717, 1.165) is 18.4 Å². The summed E-state index contributed by atoms with van der Waals surface area (Å²) < 4.78 is 0. The van der Waals surface area contributed by atoms with E-state index in [0.29, 0.717) is 18.4 Å².